The largest absolute Gasteiger partial charge is 0.507 e. The van der Waals surface area contributed by atoms with Gasteiger partial charge in [-0.05, 0) is 99.3 Å². The lowest BCUT2D eigenvalue weighted by atomic mass is 9.79. The molecule has 5 aromatic carbocycles. The molecular weight excluding hydrogens is 709 g/mol. The predicted octanol–water partition coefficient (Wildman–Crippen LogP) is 13.6. The van der Waals surface area contributed by atoms with Crippen molar-refractivity contribution in [3.05, 3.63) is 175 Å². The number of phenolic OH excluding ortho intramolecular Hbond substituents is 1. The zero-order valence-electron chi connectivity index (χ0n) is 33.8. The van der Waals surface area contributed by atoms with Gasteiger partial charge in [0.25, 0.3) is 0 Å². The van der Waals surface area contributed by atoms with Crippen molar-refractivity contribution in [2.75, 3.05) is 0 Å². The summed E-state index contributed by atoms with van der Waals surface area (Å²) in [5, 5.41) is 13.4. The van der Waals surface area contributed by atoms with E-state index in [-0.39, 0.29) is 16.6 Å². The third-order valence-electron chi connectivity index (χ3n) is 11.1. The highest BCUT2D eigenvalue weighted by atomic mass is 16.3. The number of phenols is 1. The summed E-state index contributed by atoms with van der Waals surface area (Å²) < 4.78 is 2.29. The van der Waals surface area contributed by atoms with E-state index in [1.54, 1.807) is 6.07 Å². The fraction of sp³-hybridized carbons (Fsp3) is 0.151. The second kappa shape index (κ2) is 14.3. The van der Waals surface area contributed by atoms with Crippen molar-refractivity contribution in [3.8, 4) is 67.5 Å². The van der Waals surface area contributed by atoms with Crippen LogP contribution in [0.15, 0.2) is 164 Å². The van der Waals surface area contributed by atoms with Gasteiger partial charge in [0.15, 0.2) is 0 Å². The maximum atomic E-state index is 11.1. The number of aromatic hydroxyl groups is 1. The van der Waals surface area contributed by atoms with Gasteiger partial charge in [0.1, 0.15) is 5.75 Å². The number of benzene rings is 5. The quantitative estimate of drug-likeness (QED) is 0.184. The van der Waals surface area contributed by atoms with Crippen molar-refractivity contribution >= 4 is 21.8 Å². The van der Waals surface area contributed by atoms with E-state index >= 15 is 0 Å². The number of nitrogens with zero attached hydrogens (tertiary/aromatic N) is 4. The standard InChI is InChI=1S/C53H46N4O/c1-52(2,3)38-28-36(29-39(32-38)53(4,5)6)37-30-45(56-46(31-37)43-18-8-10-24-49(43)58)34-15-11-16-35(27-34)51-42(21-14-26-55-51)41-20-12-23-48-50(41)44-19-7-9-22-47(44)57(48)40-17-13-25-54-33-40/h7-33,58H,1-6H3. The van der Waals surface area contributed by atoms with Gasteiger partial charge in [0, 0.05) is 45.4 Å². The minimum atomic E-state index is -0.0425. The SMILES string of the molecule is CC(C)(C)c1cc(-c2cc(-c3cccc(-c4ncccc4-c4cccc5c4c4ccccc4n5-c4cccnc4)c3)nc(-c3ccccc3O)c2)cc(C(C)(C)C)c1. The number of hydrogen-bond acceptors (Lipinski definition) is 4. The van der Waals surface area contributed by atoms with Crippen LogP contribution in [0.25, 0.3) is 83.5 Å². The normalized spacial score (nSPS) is 12.0. The fourth-order valence-electron chi connectivity index (χ4n) is 8.02. The van der Waals surface area contributed by atoms with Crippen LogP contribution in [0, 0.1) is 0 Å². The highest BCUT2D eigenvalue weighted by Gasteiger charge is 2.23. The molecule has 0 aliphatic rings. The molecule has 284 valence electrons. The Morgan fingerprint density at radius 2 is 1.14 bits per heavy atom. The lowest BCUT2D eigenvalue weighted by molar-refractivity contribution is 0.477. The van der Waals surface area contributed by atoms with E-state index in [4.69, 9.17) is 9.97 Å². The molecule has 9 rings (SSSR count). The number of rotatable bonds is 6. The zero-order valence-corrected chi connectivity index (χ0v) is 33.8. The molecule has 58 heavy (non-hydrogen) atoms. The van der Waals surface area contributed by atoms with Gasteiger partial charge >= 0.3 is 0 Å². The summed E-state index contributed by atoms with van der Waals surface area (Å²) in [6, 6.07) is 50.6. The summed E-state index contributed by atoms with van der Waals surface area (Å²) >= 11 is 0. The molecule has 1 N–H and O–H groups in total. The summed E-state index contributed by atoms with van der Waals surface area (Å²) in [6.45, 7) is 13.6. The van der Waals surface area contributed by atoms with E-state index in [9.17, 15) is 5.11 Å². The van der Waals surface area contributed by atoms with Crippen LogP contribution in [0.2, 0.25) is 0 Å². The van der Waals surface area contributed by atoms with Gasteiger partial charge in [-0.2, -0.15) is 0 Å². The number of pyridine rings is 3. The summed E-state index contributed by atoms with van der Waals surface area (Å²) in [4.78, 5) is 14.7. The Morgan fingerprint density at radius 3 is 1.90 bits per heavy atom. The monoisotopic (exact) mass is 754 g/mol. The molecule has 9 aromatic rings. The van der Waals surface area contributed by atoms with Crippen molar-refractivity contribution in [2.45, 2.75) is 52.4 Å². The van der Waals surface area contributed by atoms with Crippen LogP contribution in [0.1, 0.15) is 52.7 Å². The minimum Gasteiger partial charge on any atom is -0.507 e. The van der Waals surface area contributed by atoms with Crippen LogP contribution in [0.5, 0.6) is 5.75 Å². The van der Waals surface area contributed by atoms with E-state index in [2.05, 4.69) is 160 Å². The molecular formula is C53H46N4O. The number of hydrogen-bond donors (Lipinski definition) is 1. The zero-order chi connectivity index (χ0) is 40.2. The maximum Gasteiger partial charge on any atom is 0.124 e. The first-order valence-corrected chi connectivity index (χ1v) is 19.9. The van der Waals surface area contributed by atoms with E-state index < -0.39 is 0 Å². The van der Waals surface area contributed by atoms with Crippen LogP contribution in [-0.2, 0) is 10.8 Å². The van der Waals surface area contributed by atoms with Gasteiger partial charge in [-0.25, -0.2) is 4.98 Å². The maximum absolute atomic E-state index is 11.1. The lowest BCUT2D eigenvalue weighted by Crippen LogP contribution is -2.16. The molecule has 5 nitrogen and oxygen atoms in total. The summed E-state index contributed by atoms with van der Waals surface area (Å²) in [6.07, 6.45) is 5.59. The number of aromatic nitrogens is 4. The average molecular weight is 755 g/mol. The first kappa shape index (κ1) is 36.8. The first-order valence-electron chi connectivity index (χ1n) is 19.9. The van der Waals surface area contributed by atoms with E-state index in [0.29, 0.717) is 11.3 Å². The van der Waals surface area contributed by atoms with Crippen LogP contribution in [0.3, 0.4) is 0 Å². The number of fused-ring (bicyclic) bond motifs is 3. The topological polar surface area (TPSA) is 63.8 Å². The minimum absolute atomic E-state index is 0.0425. The van der Waals surface area contributed by atoms with Gasteiger partial charge in [-0.15, -0.1) is 0 Å². The van der Waals surface area contributed by atoms with Gasteiger partial charge in [0.05, 0.1) is 40.0 Å². The van der Waals surface area contributed by atoms with Crippen LogP contribution in [0.4, 0.5) is 0 Å². The van der Waals surface area contributed by atoms with E-state index in [1.807, 2.05) is 48.9 Å². The average Bonchev–Trinajstić information content (AvgIpc) is 3.58. The Bertz CT molecular complexity index is 2950. The number of para-hydroxylation sites is 2. The van der Waals surface area contributed by atoms with Crippen LogP contribution >= 0.6 is 0 Å². The van der Waals surface area contributed by atoms with Crippen LogP contribution in [-0.4, -0.2) is 24.6 Å². The molecule has 4 aromatic heterocycles. The van der Waals surface area contributed by atoms with Crippen molar-refractivity contribution < 1.29 is 5.11 Å². The molecule has 0 atom stereocenters. The second-order valence-corrected chi connectivity index (χ2v) is 17.2. The smallest absolute Gasteiger partial charge is 0.124 e. The van der Waals surface area contributed by atoms with E-state index in [0.717, 1.165) is 61.5 Å². The molecule has 0 unspecified atom stereocenters. The molecule has 0 aliphatic heterocycles. The highest BCUT2D eigenvalue weighted by Crippen LogP contribution is 2.42. The van der Waals surface area contributed by atoms with Gasteiger partial charge in [0.2, 0.25) is 0 Å². The molecule has 0 bridgehead atoms. The molecule has 0 fully saturated rings. The molecule has 0 amide bonds. The molecule has 0 saturated heterocycles. The molecule has 0 radical (unpaired) electrons. The summed E-state index contributed by atoms with van der Waals surface area (Å²) in [5.74, 6) is 0.197. The Morgan fingerprint density at radius 1 is 0.500 bits per heavy atom. The molecule has 0 saturated carbocycles. The summed E-state index contributed by atoms with van der Waals surface area (Å²) in [7, 11) is 0. The summed E-state index contributed by atoms with van der Waals surface area (Å²) in [5.41, 5.74) is 15.1. The van der Waals surface area contributed by atoms with Crippen molar-refractivity contribution in [1.29, 1.82) is 0 Å². The predicted molar refractivity (Wildman–Crippen MR) is 240 cm³/mol. The van der Waals surface area contributed by atoms with Crippen LogP contribution < -0.4 is 0 Å². The Kier molecular flexibility index (Phi) is 9.04. The van der Waals surface area contributed by atoms with Gasteiger partial charge in [-0.1, -0.05) is 126 Å². The Labute approximate surface area is 340 Å². The molecule has 0 spiro atoms. The third kappa shape index (κ3) is 6.73. The molecule has 4 heterocycles. The lowest BCUT2D eigenvalue weighted by Gasteiger charge is -2.26. The van der Waals surface area contributed by atoms with Gasteiger partial charge in [-0.3, -0.25) is 9.97 Å². The first-order chi connectivity index (χ1) is 27.9. The van der Waals surface area contributed by atoms with Crippen molar-refractivity contribution in [3.63, 3.8) is 0 Å². The van der Waals surface area contributed by atoms with Crippen molar-refractivity contribution in [1.82, 2.24) is 19.5 Å². The molecule has 5 heteroatoms. The van der Waals surface area contributed by atoms with E-state index in [1.165, 1.54) is 21.9 Å². The fourth-order valence-corrected chi connectivity index (χ4v) is 8.02. The van der Waals surface area contributed by atoms with Crippen molar-refractivity contribution in [2.24, 2.45) is 0 Å². The Hall–Kier alpha value is -6.85. The van der Waals surface area contributed by atoms with Gasteiger partial charge < -0.3 is 9.67 Å². The highest BCUT2D eigenvalue weighted by molar-refractivity contribution is 6.16. The second-order valence-electron chi connectivity index (χ2n) is 17.2. The third-order valence-corrected chi connectivity index (χ3v) is 11.1. The Balaban J connectivity index is 1.23. The molecule has 0 aliphatic carbocycles.